The number of carbonyl (C=O) groups excluding carboxylic acids is 2. The van der Waals surface area contributed by atoms with Gasteiger partial charge in [0.1, 0.15) is 55.4 Å². The maximum atomic E-state index is 13.1. The lowest BCUT2D eigenvalue weighted by atomic mass is 9.98. The van der Waals surface area contributed by atoms with Gasteiger partial charge in [0.05, 0.1) is 19.8 Å². The van der Waals surface area contributed by atoms with Crippen LogP contribution in [0.25, 0.3) is 0 Å². The zero-order valence-electron chi connectivity index (χ0n) is 45.9. The van der Waals surface area contributed by atoms with Crippen LogP contribution in [0.1, 0.15) is 168 Å². The molecule has 11 unspecified atom stereocenters. The van der Waals surface area contributed by atoms with Gasteiger partial charge in [0.25, 0.3) is 0 Å². The second-order valence-electron chi connectivity index (χ2n) is 19.3. The van der Waals surface area contributed by atoms with Crippen molar-refractivity contribution in [1.82, 2.24) is 0 Å². The molecule has 0 saturated carbocycles. The van der Waals surface area contributed by atoms with Crippen molar-refractivity contribution in [2.45, 2.75) is 235 Å². The Hall–Kier alpha value is -3.84. The van der Waals surface area contributed by atoms with Crippen LogP contribution < -0.4 is 0 Å². The molecule has 0 aromatic carbocycles. The average molecular weight is 1070 g/mol. The van der Waals surface area contributed by atoms with Crippen molar-refractivity contribution < 1.29 is 73.8 Å². The number of hydrogen-bond donors (Lipinski definition) is 7. The van der Waals surface area contributed by atoms with Crippen LogP contribution in [0.15, 0.2) is 109 Å². The summed E-state index contributed by atoms with van der Waals surface area (Å²) >= 11 is 0. The summed E-state index contributed by atoms with van der Waals surface area (Å²) in [7, 11) is 0. The van der Waals surface area contributed by atoms with Crippen LogP contribution >= 0.6 is 0 Å². The van der Waals surface area contributed by atoms with E-state index in [4.69, 9.17) is 28.4 Å². The number of ether oxygens (including phenoxy) is 6. The predicted molar refractivity (Wildman–Crippen MR) is 298 cm³/mol. The van der Waals surface area contributed by atoms with Crippen molar-refractivity contribution in [3.63, 3.8) is 0 Å². The number of unbranched alkanes of at least 4 members (excludes halogenated alkanes) is 11. The summed E-state index contributed by atoms with van der Waals surface area (Å²) in [5.74, 6) is -0.981. The molecule has 76 heavy (non-hydrogen) atoms. The van der Waals surface area contributed by atoms with Gasteiger partial charge >= 0.3 is 11.9 Å². The molecule has 2 aliphatic heterocycles. The number of allylic oxidation sites excluding steroid dienone is 18. The van der Waals surface area contributed by atoms with Gasteiger partial charge in [-0.05, 0) is 96.3 Å². The monoisotopic (exact) mass is 1070 g/mol. The SMILES string of the molecule is CC/C=C\C/C=C\C/C=C\C/C=C\C/C=C\CCCCCC(=O)OC(COC(=O)CCCCCCCCCC/C=C\C/C=C\C/C=C\C/C=C\CC)COC1OC(COC2OC(CO)C(O)C(O)C2O)C(O)C(O)C1O. The van der Waals surface area contributed by atoms with E-state index < -0.39 is 99.3 Å². The van der Waals surface area contributed by atoms with Crippen LogP contribution in [-0.2, 0) is 38.0 Å². The summed E-state index contributed by atoms with van der Waals surface area (Å²) in [6, 6.07) is 0. The van der Waals surface area contributed by atoms with E-state index in [0.29, 0.717) is 12.8 Å². The van der Waals surface area contributed by atoms with E-state index in [2.05, 4.69) is 123 Å². The van der Waals surface area contributed by atoms with Gasteiger partial charge < -0.3 is 64.2 Å². The molecule has 2 rings (SSSR count). The molecule has 7 N–H and O–H groups in total. The molecule has 0 aromatic rings. The van der Waals surface area contributed by atoms with Crippen molar-refractivity contribution >= 4 is 11.9 Å². The zero-order valence-corrected chi connectivity index (χ0v) is 45.9. The Morgan fingerprint density at radius 2 is 0.789 bits per heavy atom. The molecule has 0 bridgehead atoms. The third-order valence-electron chi connectivity index (χ3n) is 12.7. The topological polar surface area (TPSA) is 231 Å². The molecule has 0 aromatic heterocycles. The molecule has 11 atom stereocenters. The Labute approximate surface area is 455 Å². The van der Waals surface area contributed by atoms with E-state index in [9.17, 15) is 45.3 Å². The first-order valence-corrected chi connectivity index (χ1v) is 28.5. The third-order valence-corrected chi connectivity index (χ3v) is 12.7. The third kappa shape index (κ3) is 32.8. The Bertz CT molecular complexity index is 1730. The van der Waals surface area contributed by atoms with Crippen molar-refractivity contribution in [3.8, 4) is 0 Å². The van der Waals surface area contributed by atoms with Crippen LogP contribution in [-0.4, -0.2) is 142 Å². The summed E-state index contributed by atoms with van der Waals surface area (Å²) in [5.41, 5.74) is 0. The number of hydrogen-bond acceptors (Lipinski definition) is 15. The fraction of sp³-hybridized carbons (Fsp3) is 0.672. The molecule has 432 valence electrons. The second kappa shape index (κ2) is 46.1. The van der Waals surface area contributed by atoms with E-state index in [-0.39, 0.29) is 19.4 Å². The molecule has 15 heteroatoms. The molecular formula is C61H98O15. The van der Waals surface area contributed by atoms with Crippen molar-refractivity contribution in [1.29, 1.82) is 0 Å². The fourth-order valence-corrected chi connectivity index (χ4v) is 8.17. The van der Waals surface area contributed by atoms with Gasteiger partial charge in [-0.15, -0.1) is 0 Å². The van der Waals surface area contributed by atoms with E-state index >= 15 is 0 Å². The van der Waals surface area contributed by atoms with Crippen LogP contribution in [0.3, 0.4) is 0 Å². The maximum Gasteiger partial charge on any atom is 0.306 e. The highest BCUT2D eigenvalue weighted by Crippen LogP contribution is 2.26. The summed E-state index contributed by atoms with van der Waals surface area (Å²) in [6.45, 7) is 2.31. The average Bonchev–Trinajstić information content (AvgIpc) is 3.41. The van der Waals surface area contributed by atoms with Crippen LogP contribution in [0.5, 0.6) is 0 Å². The molecule has 0 aliphatic carbocycles. The van der Waals surface area contributed by atoms with Gasteiger partial charge in [0, 0.05) is 12.8 Å². The quantitative estimate of drug-likeness (QED) is 0.0171. The number of aliphatic hydroxyl groups is 7. The number of aliphatic hydroxyl groups excluding tert-OH is 7. The highest BCUT2D eigenvalue weighted by atomic mass is 16.7. The van der Waals surface area contributed by atoms with Gasteiger partial charge in [-0.1, -0.05) is 168 Å². The second-order valence-corrected chi connectivity index (χ2v) is 19.3. The smallest absolute Gasteiger partial charge is 0.306 e. The molecule has 2 heterocycles. The van der Waals surface area contributed by atoms with Crippen LogP contribution in [0.4, 0.5) is 0 Å². The van der Waals surface area contributed by atoms with Gasteiger partial charge in [0.15, 0.2) is 18.7 Å². The highest BCUT2D eigenvalue weighted by molar-refractivity contribution is 5.70. The molecule has 0 amide bonds. The first-order chi connectivity index (χ1) is 37.0. The lowest BCUT2D eigenvalue weighted by molar-refractivity contribution is -0.332. The summed E-state index contributed by atoms with van der Waals surface area (Å²) in [4.78, 5) is 25.9. The summed E-state index contributed by atoms with van der Waals surface area (Å²) in [6.07, 6.45) is 43.9. The fourth-order valence-electron chi connectivity index (χ4n) is 8.17. The molecular weight excluding hydrogens is 973 g/mol. The minimum Gasteiger partial charge on any atom is -0.462 e. The molecule has 2 fully saturated rings. The minimum absolute atomic E-state index is 0.117. The van der Waals surface area contributed by atoms with Crippen molar-refractivity contribution in [2.24, 2.45) is 0 Å². The molecule has 15 nitrogen and oxygen atoms in total. The van der Waals surface area contributed by atoms with Crippen molar-refractivity contribution in [3.05, 3.63) is 109 Å². The number of rotatable bonds is 43. The first-order valence-electron chi connectivity index (χ1n) is 28.5. The van der Waals surface area contributed by atoms with Gasteiger partial charge in [-0.3, -0.25) is 9.59 Å². The Balaban J connectivity index is 1.79. The van der Waals surface area contributed by atoms with E-state index in [1.807, 2.05) is 0 Å². The van der Waals surface area contributed by atoms with Crippen molar-refractivity contribution in [2.75, 3.05) is 26.4 Å². The molecule has 2 aliphatic rings. The van der Waals surface area contributed by atoms with Crippen LogP contribution in [0, 0.1) is 0 Å². The zero-order chi connectivity index (χ0) is 55.3. The standard InChI is InChI=1S/C61H98O15/c1-3-5-7-9-11-13-15-17-19-21-23-24-26-27-29-31-33-35-37-39-41-43-52(63)71-46-49(74-53(64)44-42-40-38-36-34-32-30-28-25-22-20-18-16-14-12-10-8-6-4-2)47-72-60-59(70)57(68)55(66)51(76-60)48-73-61-58(69)56(67)54(65)50(45-62)75-61/h5-8,11-14,17-20,23-25,28,32,34,49-51,54-62,65-70H,3-4,9-10,15-16,21-22,26-27,29-31,33,35-48H2,1-2H3/b7-5-,8-6-,13-11-,14-12-,19-17-,20-18-,24-23-,28-25-,34-32-. The minimum atomic E-state index is -1.78. The maximum absolute atomic E-state index is 13.1. The lowest BCUT2D eigenvalue weighted by Gasteiger charge is -2.42. The largest absolute Gasteiger partial charge is 0.462 e. The van der Waals surface area contributed by atoms with Gasteiger partial charge in [-0.2, -0.15) is 0 Å². The van der Waals surface area contributed by atoms with E-state index in [0.717, 1.165) is 109 Å². The lowest BCUT2D eigenvalue weighted by Crippen LogP contribution is -2.61. The Kier molecular flexibility index (Phi) is 41.4. The highest BCUT2D eigenvalue weighted by Gasteiger charge is 2.47. The van der Waals surface area contributed by atoms with E-state index in [1.54, 1.807) is 0 Å². The van der Waals surface area contributed by atoms with Crippen LogP contribution in [0.2, 0.25) is 0 Å². The van der Waals surface area contributed by atoms with Gasteiger partial charge in [0.2, 0.25) is 0 Å². The van der Waals surface area contributed by atoms with E-state index in [1.165, 1.54) is 19.3 Å². The van der Waals surface area contributed by atoms with Gasteiger partial charge in [-0.25, -0.2) is 0 Å². The predicted octanol–water partition coefficient (Wildman–Crippen LogP) is 9.49. The normalized spacial score (nSPS) is 25.2. The number of carbonyl (C=O) groups is 2. The first kappa shape index (κ1) is 68.3. The Morgan fingerprint density at radius 3 is 1.25 bits per heavy atom. The summed E-state index contributed by atoms with van der Waals surface area (Å²) in [5, 5.41) is 72.3. The number of esters is 2. The Morgan fingerprint density at radius 1 is 0.421 bits per heavy atom. The molecule has 2 saturated heterocycles. The molecule has 0 spiro atoms. The molecule has 0 radical (unpaired) electrons. The summed E-state index contributed by atoms with van der Waals surface area (Å²) < 4.78 is 33.6.